The van der Waals surface area contributed by atoms with Gasteiger partial charge in [0, 0.05) is 11.3 Å². The van der Waals surface area contributed by atoms with E-state index >= 15 is 0 Å². The molecule has 0 aliphatic heterocycles. The Balaban J connectivity index is 2.11. The normalized spacial score (nSPS) is 10.5. The number of nitrogens with one attached hydrogen (secondary N) is 1. The van der Waals surface area contributed by atoms with Gasteiger partial charge in [-0.1, -0.05) is 19.1 Å². The summed E-state index contributed by atoms with van der Waals surface area (Å²) in [6.07, 6.45) is 0. The summed E-state index contributed by atoms with van der Waals surface area (Å²) in [4.78, 5) is 12.0. The van der Waals surface area contributed by atoms with Crippen LogP contribution in [0.15, 0.2) is 36.4 Å². The summed E-state index contributed by atoms with van der Waals surface area (Å²) in [6, 6.07) is 8.58. The molecule has 6 heteroatoms. The van der Waals surface area contributed by atoms with Crippen molar-refractivity contribution in [3.05, 3.63) is 65.0 Å². The lowest BCUT2D eigenvalue weighted by Crippen LogP contribution is -2.13. The molecule has 0 aliphatic carbocycles. The summed E-state index contributed by atoms with van der Waals surface area (Å²) >= 11 is 1.76. The van der Waals surface area contributed by atoms with E-state index in [2.05, 4.69) is 12.2 Å². The molecule has 0 bridgehead atoms. The molecule has 0 aliphatic rings. The molecule has 0 spiro atoms. The van der Waals surface area contributed by atoms with Crippen LogP contribution in [0.5, 0.6) is 0 Å². The highest BCUT2D eigenvalue weighted by Gasteiger charge is 2.15. The number of carbonyl (C=O) groups excluding carboxylic acids is 1. The molecule has 0 unspecified atom stereocenters. The van der Waals surface area contributed by atoms with Crippen LogP contribution >= 0.6 is 11.8 Å². The molecule has 0 heterocycles. The van der Waals surface area contributed by atoms with Gasteiger partial charge in [0.25, 0.3) is 5.91 Å². The zero-order valence-corrected chi connectivity index (χ0v) is 12.6. The fourth-order valence-corrected chi connectivity index (χ4v) is 2.42. The van der Waals surface area contributed by atoms with Crippen LogP contribution in [-0.2, 0) is 5.75 Å². The standard InChI is InChI=1S/C16H14F3NOS/c1-2-22-9-10-3-5-11(6-4-10)16(21)20-13-8-7-12(17)14(18)15(13)19/h3-8H,2,9H2,1H3,(H,20,21). The van der Waals surface area contributed by atoms with Gasteiger partial charge in [-0.3, -0.25) is 4.79 Å². The van der Waals surface area contributed by atoms with Gasteiger partial charge in [-0.15, -0.1) is 0 Å². The third kappa shape index (κ3) is 3.82. The highest BCUT2D eigenvalue weighted by Crippen LogP contribution is 2.20. The number of halogens is 3. The number of rotatable bonds is 5. The van der Waals surface area contributed by atoms with Crippen LogP contribution in [0, 0.1) is 17.5 Å². The molecule has 2 nitrogen and oxygen atoms in total. The molecule has 1 amide bonds. The Morgan fingerprint density at radius 1 is 1.05 bits per heavy atom. The Morgan fingerprint density at radius 3 is 2.36 bits per heavy atom. The number of carbonyl (C=O) groups is 1. The van der Waals surface area contributed by atoms with Crippen molar-refractivity contribution < 1.29 is 18.0 Å². The number of hydrogen-bond donors (Lipinski definition) is 1. The highest BCUT2D eigenvalue weighted by atomic mass is 32.2. The van der Waals surface area contributed by atoms with Gasteiger partial charge in [-0.2, -0.15) is 11.8 Å². The first-order chi connectivity index (χ1) is 10.5. The van der Waals surface area contributed by atoms with Crippen LogP contribution in [0.3, 0.4) is 0 Å². The van der Waals surface area contributed by atoms with Crippen molar-refractivity contribution >= 4 is 23.4 Å². The Bertz CT molecular complexity index is 674. The fraction of sp³-hybridized carbons (Fsp3) is 0.188. The first-order valence-electron chi connectivity index (χ1n) is 6.64. The van der Waals surface area contributed by atoms with Crippen molar-refractivity contribution in [2.75, 3.05) is 11.1 Å². The third-order valence-electron chi connectivity index (χ3n) is 2.97. The van der Waals surface area contributed by atoms with Gasteiger partial charge in [0.05, 0.1) is 5.69 Å². The lowest BCUT2D eigenvalue weighted by Gasteiger charge is -2.08. The maximum absolute atomic E-state index is 13.5. The summed E-state index contributed by atoms with van der Waals surface area (Å²) in [5.41, 5.74) is 0.992. The van der Waals surface area contributed by atoms with E-state index in [1.165, 1.54) is 0 Å². The van der Waals surface area contributed by atoms with Crippen LogP contribution in [-0.4, -0.2) is 11.7 Å². The number of hydrogen-bond acceptors (Lipinski definition) is 2. The Hall–Kier alpha value is -1.95. The highest BCUT2D eigenvalue weighted by molar-refractivity contribution is 7.98. The minimum atomic E-state index is -1.61. The predicted molar refractivity (Wildman–Crippen MR) is 82.5 cm³/mol. The van der Waals surface area contributed by atoms with E-state index in [9.17, 15) is 18.0 Å². The molecule has 0 radical (unpaired) electrons. The third-order valence-corrected chi connectivity index (χ3v) is 3.92. The van der Waals surface area contributed by atoms with Gasteiger partial charge in [0.2, 0.25) is 0 Å². The van der Waals surface area contributed by atoms with Gasteiger partial charge in [-0.05, 0) is 35.6 Å². The van der Waals surface area contributed by atoms with Crippen LogP contribution in [0.2, 0.25) is 0 Å². The van der Waals surface area contributed by atoms with Crippen molar-refractivity contribution in [1.29, 1.82) is 0 Å². The van der Waals surface area contributed by atoms with Gasteiger partial charge >= 0.3 is 0 Å². The average molecular weight is 325 g/mol. The molecule has 2 rings (SSSR count). The second-order valence-corrected chi connectivity index (χ2v) is 5.79. The Morgan fingerprint density at radius 2 is 1.73 bits per heavy atom. The number of anilines is 1. The molecule has 0 atom stereocenters. The average Bonchev–Trinajstić information content (AvgIpc) is 2.54. The molecule has 0 fully saturated rings. The summed E-state index contributed by atoms with van der Waals surface area (Å²) in [6.45, 7) is 2.06. The predicted octanol–water partition coefficient (Wildman–Crippen LogP) is 4.61. The SMILES string of the molecule is CCSCc1ccc(C(=O)Nc2ccc(F)c(F)c2F)cc1. The monoisotopic (exact) mass is 325 g/mol. The molecule has 22 heavy (non-hydrogen) atoms. The maximum atomic E-state index is 13.5. The van der Waals surface area contributed by atoms with E-state index in [0.717, 1.165) is 29.2 Å². The summed E-state index contributed by atoms with van der Waals surface area (Å²) in [5.74, 6) is -3.06. The van der Waals surface area contributed by atoms with Gasteiger partial charge < -0.3 is 5.32 Å². The van der Waals surface area contributed by atoms with Gasteiger partial charge in [-0.25, -0.2) is 13.2 Å². The van der Waals surface area contributed by atoms with E-state index in [-0.39, 0.29) is 0 Å². The van der Waals surface area contributed by atoms with E-state index in [1.54, 1.807) is 36.0 Å². The molecule has 0 saturated carbocycles. The van der Waals surface area contributed by atoms with E-state index in [0.29, 0.717) is 5.56 Å². The molecule has 2 aromatic rings. The van der Waals surface area contributed by atoms with E-state index in [1.807, 2.05) is 0 Å². The number of benzene rings is 2. The zero-order chi connectivity index (χ0) is 16.1. The van der Waals surface area contributed by atoms with E-state index < -0.39 is 29.0 Å². The number of amides is 1. The van der Waals surface area contributed by atoms with Crippen LogP contribution < -0.4 is 5.32 Å². The van der Waals surface area contributed by atoms with Gasteiger partial charge in [0.1, 0.15) is 0 Å². The molecule has 1 N–H and O–H groups in total. The van der Waals surface area contributed by atoms with Crippen LogP contribution in [0.25, 0.3) is 0 Å². The van der Waals surface area contributed by atoms with Gasteiger partial charge in [0.15, 0.2) is 17.5 Å². The molecular formula is C16H14F3NOS. The molecule has 0 aromatic heterocycles. The molecule has 2 aromatic carbocycles. The van der Waals surface area contributed by atoms with Crippen molar-refractivity contribution in [3.63, 3.8) is 0 Å². The van der Waals surface area contributed by atoms with Crippen LogP contribution in [0.4, 0.5) is 18.9 Å². The van der Waals surface area contributed by atoms with Crippen molar-refractivity contribution in [1.82, 2.24) is 0 Å². The summed E-state index contributed by atoms with van der Waals surface area (Å²) < 4.78 is 39.5. The van der Waals surface area contributed by atoms with Crippen LogP contribution in [0.1, 0.15) is 22.8 Å². The topological polar surface area (TPSA) is 29.1 Å². The second kappa shape index (κ2) is 7.35. The lowest BCUT2D eigenvalue weighted by molar-refractivity contribution is 0.102. The zero-order valence-electron chi connectivity index (χ0n) is 11.8. The quantitative estimate of drug-likeness (QED) is 0.814. The first-order valence-corrected chi connectivity index (χ1v) is 7.80. The minimum absolute atomic E-state index is 0.314. The molecule has 116 valence electrons. The minimum Gasteiger partial charge on any atom is -0.319 e. The lowest BCUT2D eigenvalue weighted by atomic mass is 10.1. The first kappa shape index (κ1) is 16.4. The van der Waals surface area contributed by atoms with E-state index in [4.69, 9.17) is 0 Å². The summed E-state index contributed by atoms with van der Waals surface area (Å²) in [7, 11) is 0. The van der Waals surface area contributed by atoms with Crippen molar-refractivity contribution in [3.8, 4) is 0 Å². The maximum Gasteiger partial charge on any atom is 0.255 e. The Kier molecular flexibility index (Phi) is 5.49. The second-order valence-electron chi connectivity index (χ2n) is 4.51. The Labute approximate surface area is 130 Å². The number of thioether (sulfide) groups is 1. The smallest absolute Gasteiger partial charge is 0.255 e. The molecule has 0 saturated heterocycles. The summed E-state index contributed by atoms with van der Waals surface area (Å²) in [5, 5.41) is 2.23. The molecular weight excluding hydrogens is 311 g/mol. The van der Waals surface area contributed by atoms with Crippen molar-refractivity contribution in [2.24, 2.45) is 0 Å². The van der Waals surface area contributed by atoms with Crippen molar-refractivity contribution in [2.45, 2.75) is 12.7 Å². The fourth-order valence-electron chi connectivity index (χ4n) is 1.79. The largest absolute Gasteiger partial charge is 0.319 e.